The molecule has 1 N–H and O–H groups in total. The van der Waals surface area contributed by atoms with Gasteiger partial charge in [-0.3, -0.25) is 9.78 Å². The Bertz CT molecular complexity index is 641. The summed E-state index contributed by atoms with van der Waals surface area (Å²) in [5.41, 5.74) is 2.79. The van der Waals surface area contributed by atoms with E-state index in [0.717, 1.165) is 16.8 Å². The summed E-state index contributed by atoms with van der Waals surface area (Å²) in [6.45, 7) is 0.460. The first-order chi connectivity index (χ1) is 10.3. The molecule has 0 radical (unpaired) electrons. The summed E-state index contributed by atoms with van der Waals surface area (Å²) in [6.07, 6.45) is 3.34. The van der Waals surface area contributed by atoms with Crippen molar-refractivity contribution < 1.29 is 9.63 Å². The Morgan fingerprint density at radius 1 is 1.19 bits per heavy atom. The summed E-state index contributed by atoms with van der Waals surface area (Å²) < 4.78 is 0. The molecule has 21 heavy (non-hydrogen) atoms. The molecule has 2 heterocycles. The van der Waals surface area contributed by atoms with E-state index in [1.807, 2.05) is 42.5 Å². The molecule has 1 unspecified atom stereocenters. The topological polar surface area (TPSA) is 63.6 Å². The average Bonchev–Trinajstić information content (AvgIpc) is 3.04. The minimum atomic E-state index is -0.554. The SMILES string of the molecule is O=C(NCc1ccncc1)C1CC(c2ccccc2)=NO1. The summed E-state index contributed by atoms with van der Waals surface area (Å²) in [5, 5.41) is 6.86. The molecule has 5 nitrogen and oxygen atoms in total. The summed E-state index contributed by atoms with van der Waals surface area (Å²) >= 11 is 0. The number of amides is 1. The minimum absolute atomic E-state index is 0.151. The predicted molar refractivity (Wildman–Crippen MR) is 78.6 cm³/mol. The number of carbonyl (C=O) groups excluding carboxylic acids is 1. The number of nitrogens with one attached hydrogen (secondary N) is 1. The van der Waals surface area contributed by atoms with E-state index in [1.54, 1.807) is 12.4 Å². The van der Waals surface area contributed by atoms with Crippen LogP contribution in [0.4, 0.5) is 0 Å². The van der Waals surface area contributed by atoms with E-state index in [1.165, 1.54) is 0 Å². The number of nitrogens with zero attached hydrogens (tertiary/aromatic N) is 2. The zero-order valence-electron chi connectivity index (χ0n) is 11.4. The Hall–Kier alpha value is -2.69. The molecule has 1 aliphatic rings. The number of pyridine rings is 1. The van der Waals surface area contributed by atoms with Gasteiger partial charge in [0.05, 0.1) is 5.71 Å². The molecule has 106 valence electrons. The first kappa shape index (κ1) is 13.3. The van der Waals surface area contributed by atoms with Gasteiger partial charge in [0, 0.05) is 25.4 Å². The van der Waals surface area contributed by atoms with Gasteiger partial charge in [-0.1, -0.05) is 35.5 Å². The van der Waals surface area contributed by atoms with E-state index in [-0.39, 0.29) is 5.91 Å². The van der Waals surface area contributed by atoms with Gasteiger partial charge in [0.25, 0.3) is 5.91 Å². The molecule has 0 saturated carbocycles. The van der Waals surface area contributed by atoms with Crippen molar-refractivity contribution in [3.05, 3.63) is 66.0 Å². The highest BCUT2D eigenvalue weighted by Gasteiger charge is 2.28. The second-order valence-corrected chi connectivity index (χ2v) is 4.78. The quantitative estimate of drug-likeness (QED) is 0.930. The summed E-state index contributed by atoms with van der Waals surface area (Å²) in [6, 6.07) is 13.5. The number of hydrogen-bond donors (Lipinski definition) is 1. The molecule has 0 saturated heterocycles. The van der Waals surface area contributed by atoms with Gasteiger partial charge in [-0.2, -0.15) is 0 Å². The molecule has 1 atom stereocenters. The van der Waals surface area contributed by atoms with Gasteiger partial charge in [-0.05, 0) is 23.3 Å². The van der Waals surface area contributed by atoms with Crippen molar-refractivity contribution in [2.45, 2.75) is 19.1 Å². The standard InChI is InChI=1S/C16H15N3O2/c20-16(18-11-12-6-8-17-9-7-12)15-10-14(19-21-15)13-4-2-1-3-5-13/h1-9,15H,10-11H2,(H,18,20). The molecule has 1 aromatic heterocycles. The van der Waals surface area contributed by atoms with Gasteiger partial charge in [0.1, 0.15) is 0 Å². The lowest BCUT2D eigenvalue weighted by Gasteiger charge is -2.09. The van der Waals surface area contributed by atoms with Gasteiger partial charge >= 0.3 is 0 Å². The molecule has 1 aromatic carbocycles. The smallest absolute Gasteiger partial charge is 0.264 e. The van der Waals surface area contributed by atoms with Crippen molar-refractivity contribution in [3.8, 4) is 0 Å². The molecule has 0 bridgehead atoms. The van der Waals surface area contributed by atoms with Gasteiger partial charge in [0.2, 0.25) is 6.10 Å². The van der Waals surface area contributed by atoms with Crippen molar-refractivity contribution in [1.82, 2.24) is 10.3 Å². The Balaban J connectivity index is 1.54. The predicted octanol–water partition coefficient (Wildman–Crippen LogP) is 1.89. The molecule has 1 aliphatic heterocycles. The van der Waals surface area contributed by atoms with Crippen LogP contribution in [0.3, 0.4) is 0 Å². The third kappa shape index (κ3) is 3.25. The summed E-state index contributed by atoms with van der Waals surface area (Å²) in [5.74, 6) is -0.151. The van der Waals surface area contributed by atoms with Crippen LogP contribution in [0, 0.1) is 0 Å². The lowest BCUT2D eigenvalue weighted by molar-refractivity contribution is -0.131. The highest BCUT2D eigenvalue weighted by atomic mass is 16.6. The number of aromatic nitrogens is 1. The first-order valence-electron chi connectivity index (χ1n) is 6.77. The van der Waals surface area contributed by atoms with Crippen LogP contribution in [0.25, 0.3) is 0 Å². The molecule has 5 heteroatoms. The Labute approximate surface area is 122 Å². The third-order valence-electron chi connectivity index (χ3n) is 3.28. The van der Waals surface area contributed by atoms with Gasteiger partial charge in [-0.15, -0.1) is 0 Å². The summed E-state index contributed by atoms with van der Waals surface area (Å²) in [4.78, 5) is 21.2. The lowest BCUT2D eigenvalue weighted by atomic mass is 10.0. The van der Waals surface area contributed by atoms with Crippen LogP contribution in [0.15, 0.2) is 60.0 Å². The minimum Gasteiger partial charge on any atom is -0.382 e. The molecule has 0 fully saturated rings. The van der Waals surface area contributed by atoms with Crippen molar-refractivity contribution in [1.29, 1.82) is 0 Å². The van der Waals surface area contributed by atoms with Crippen molar-refractivity contribution in [2.24, 2.45) is 5.16 Å². The van der Waals surface area contributed by atoms with E-state index >= 15 is 0 Å². The van der Waals surface area contributed by atoms with Crippen LogP contribution < -0.4 is 5.32 Å². The maximum Gasteiger partial charge on any atom is 0.264 e. The molecular formula is C16H15N3O2. The van der Waals surface area contributed by atoms with E-state index in [4.69, 9.17) is 4.84 Å². The number of benzene rings is 1. The van der Waals surface area contributed by atoms with Crippen LogP contribution in [0.2, 0.25) is 0 Å². The van der Waals surface area contributed by atoms with E-state index in [9.17, 15) is 4.79 Å². The fraction of sp³-hybridized carbons (Fsp3) is 0.188. The van der Waals surface area contributed by atoms with Gasteiger partial charge in [0.15, 0.2) is 0 Å². The second kappa shape index (κ2) is 6.17. The fourth-order valence-corrected chi connectivity index (χ4v) is 2.12. The lowest BCUT2D eigenvalue weighted by Crippen LogP contribution is -2.34. The second-order valence-electron chi connectivity index (χ2n) is 4.78. The normalized spacial score (nSPS) is 17.0. The zero-order chi connectivity index (χ0) is 14.5. The molecule has 1 amide bonds. The highest BCUT2D eigenvalue weighted by molar-refractivity contribution is 6.04. The van der Waals surface area contributed by atoms with Gasteiger partial charge < -0.3 is 10.2 Å². The largest absolute Gasteiger partial charge is 0.382 e. The van der Waals surface area contributed by atoms with Crippen molar-refractivity contribution in [2.75, 3.05) is 0 Å². The first-order valence-corrected chi connectivity index (χ1v) is 6.77. The maximum atomic E-state index is 12.1. The van der Waals surface area contributed by atoms with Crippen LogP contribution in [0.5, 0.6) is 0 Å². The Kier molecular flexibility index (Phi) is 3.91. The maximum absolute atomic E-state index is 12.1. The van der Waals surface area contributed by atoms with Crippen LogP contribution in [0.1, 0.15) is 17.5 Å². The highest BCUT2D eigenvalue weighted by Crippen LogP contribution is 2.16. The molecule has 0 spiro atoms. The van der Waals surface area contributed by atoms with Crippen LogP contribution in [-0.2, 0) is 16.2 Å². The van der Waals surface area contributed by atoms with Gasteiger partial charge in [-0.25, -0.2) is 0 Å². The molecular weight excluding hydrogens is 266 g/mol. The Morgan fingerprint density at radius 2 is 1.95 bits per heavy atom. The van der Waals surface area contributed by atoms with Crippen molar-refractivity contribution >= 4 is 11.6 Å². The van der Waals surface area contributed by atoms with Crippen LogP contribution >= 0.6 is 0 Å². The molecule has 0 aliphatic carbocycles. The van der Waals surface area contributed by atoms with E-state index in [0.29, 0.717) is 13.0 Å². The van der Waals surface area contributed by atoms with Crippen LogP contribution in [-0.4, -0.2) is 22.7 Å². The molecule has 3 rings (SSSR count). The Morgan fingerprint density at radius 3 is 2.71 bits per heavy atom. The molecule has 2 aromatic rings. The fourth-order valence-electron chi connectivity index (χ4n) is 2.12. The average molecular weight is 281 g/mol. The van der Waals surface area contributed by atoms with Crippen molar-refractivity contribution in [3.63, 3.8) is 0 Å². The monoisotopic (exact) mass is 281 g/mol. The zero-order valence-corrected chi connectivity index (χ0v) is 11.4. The number of oxime groups is 1. The number of rotatable bonds is 4. The third-order valence-corrected chi connectivity index (χ3v) is 3.28. The number of carbonyl (C=O) groups is 1. The van der Waals surface area contributed by atoms with E-state index < -0.39 is 6.10 Å². The number of hydrogen-bond acceptors (Lipinski definition) is 4. The summed E-state index contributed by atoms with van der Waals surface area (Å²) in [7, 11) is 0. The van der Waals surface area contributed by atoms with E-state index in [2.05, 4.69) is 15.5 Å².